The third-order valence-corrected chi connectivity index (χ3v) is 4.65. The van der Waals surface area contributed by atoms with E-state index in [1.807, 2.05) is 39.0 Å². The molecule has 1 amide bonds. The maximum absolute atomic E-state index is 12.1. The Labute approximate surface area is 156 Å². The minimum atomic E-state index is -0.173. The molecule has 1 unspecified atom stereocenters. The Morgan fingerprint density at radius 1 is 1.24 bits per heavy atom. The summed E-state index contributed by atoms with van der Waals surface area (Å²) in [6.07, 6.45) is 1.04. The number of anilines is 1. The number of thiocarbonyl (C=S) groups is 1. The van der Waals surface area contributed by atoms with Crippen LogP contribution in [0.5, 0.6) is 0 Å². The predicted octanol–water partition coefficient (Wildman–Crippen LogP) is 1.20. The van der Waals surface area contributed by atoms with Crippen LogP contribution in [0.3, 0.4) is 0 Å². The number of hydrogen-bond acceptors (Lipinski definition) is 2. The summed E-state index contributed by atoms with van der Waals surface area (Å²) in [7, 11) is 0. The standard InChI is InChI=1S/C19H30N4OS/c1-15-8-5-6-9-16(15)20-18(25)23-11-7-10-22(12-13-23)14-17(24)21-19(2,3)4/h5-6,8-9H,7,10-14H2,1-4H3,(H,20,25)(H,21,24)/p+1. The first-order chi connectivity index (χ1) is 11.7. The molecule has 3 N–H and O–H groups in total. The highest BCUT2D eigenvalue weighted by atomic mass is 32.1. The zero-order valence-electron chi connectivity index (χ0n) is 15.8. The van der Waals surface area contributed by atoms with Crippen LogP contribution in [0.2, 0.25) is 0 Å². The van der Waals surface area contributed by atoms with Gasteiger partial charge in [0.05, 0.1) is 19.6 Å². The number of para-hydroxylation sites is 1. The van der Waals surface area contributed by atoms with Gasteiger partial charge < -0.3 is 20.4 Å². The molecule has 138 valence electrons. The molecule has 1 fully saturated rings. The molecule has 0 saturated carbocycles. The Kier molecular flexibility index (Phi) is 6.79. The molecular formula is C19H31N4OS+. The molecule has 1 saturated heterocycles. The van der Waals surface area contributed by atoms with E-state index < -0.39 is 0 Å². The van der Waals surface area contributed by atoms with E-state index >= 15 is 0 Å². The second kappa shape index (κ2) is 8.63. The highest BCUT2D eigenvalue weighted by Gasteiger charge is 2.23. The lowest BCUT2D eigenvalue weighted by atomic mass is 10.1. The topological polar surface area (TPSA) is 48.8 Å². The lowest BCUT2D eigenvalue weighted by Gasteiger charge is -2.24. The van der Waals surface area contributed by atoms with E-state index in [0.717, 1.165) is 43.4 Å². The van der Waals surface area contributed by atoms with Gasteiger partial charge in [0.25, 0.3) is 5.91 Å². The number of nitrogens with one attached hydrogen (secondary N) is 3. The van der Waals surface area contributed by atoms with E-state index in [1.54, 1.807) is 0 Å². The van der Waals surface area contributed by atoms with Crippen LogP contribution in [0, 0.1) is 6.92 Å². The van der Waals surface area contributed by atoms with Gasteiger partial charge in [-0.2, -0.15) is 0 Å². The highest BCUT2D eigenvalue weighted by Crippen LogP contribution is 2.14. The molecular weight excluding hydrogens is 332 g/mol. The average Bonchev–Trinajstić information content (AvgIpc) is 2.73. The molecule has 1 aromatic carbocycles. The van der Waals surface area contributed by atoms with Crippen molar-refractivity contribution in [1.29, 1.82) is 0 Å². The first-order valence-electron chi connectivity index (χ1n) is 9.01. The molecule has 0 bridgehead atoms. The quantitative estimate of drug-likeness (QED) is 0.707. The van der Waals surface area contributed by atoms with Crippen molar-refractivity contribution in [2.75, 3.05) is 38.0 Å². The van der Waals surface area contributed by atoms with Crippen molar-refractivity contribution in [2.24, 2.45) is 0 Å². The predicted molar refractivity (Wildman–Crippen MR) is 107 cm³/mol. The van der Waals surface area contributed by atoms with E-state index in [0.29, 0.717) is 6.54 Å². The lowest BCUT2D eigenvalue weighted by molar-refractivity contribution is -0.889. The van der Waals surface area contributed by atoms with Crippen LogP contribution in [-0.4, -0.2) is 54.2 Å². The normalized spacial score (nSPS) is 18.4. The third kappa shape index (κ3) is 6.63. The van der Waals surface area contributed by atoms with Gasteiger partial charge >= 0.3 is 0 Å². The van der Waals surface area contributed by atoms with Crippen molar-refractivity contribution in [3.63, 3.8) is 0 Å². The molecule has 1 atom stereocenters. The lowest BCUT2D eigenvalue weighted by Crippen LogP contribution is -3.13. The molecule has 6 heteroatoms. The summed E-state index contributed by atoms with van der Waals surface area (Å²) in [6, 6.07) is 8.17. The van der Waals surface area contributed by atoms with Gasteiger partial charge in [0.1, 0.15) is 0 Å². The number of benzene rings is 1. The molecule has 5 nitrogen and oxygen atoms in total. The number of rotatable bonds is 3. The number of carbonyl (C=O) groups is 1. The summed E-state index contributed by atoms with van der Waals surface area (Å²) in [6.45, 7) is 12.4. The molecule has 2 rings (SSSR count). The van der Waals surface area contributed by atoms with Crippen LogP contribution in [0.25, 0.3) is 0 Å². The second-order valence-electron chi connectivity index (χ2n) is 7.81. The number of nitrogens with zero attached hydrogens (tertiary/aromatic N) is 1. The largest absolute Gasteiger partial charge is 0.347 e. The zero-order valence-corrected chi connectivity index (χ0v) is 16.6. The summed E-state index contributed by atoms with van der Waals surface area (Å²) in [4.78, 5) is 15.7. The highest BCUT2D eigenvalue weighted by molar-refractivity contribution is 7.80. The Balaban J connectivity index is 1.85. The molecule has 1 aromatic rings. The molecule has 0 aromatic heterocycles. The van der Waals surface area contributed by atoms with E-state index in [4.69, 9.17) is 12.2 Å². The van der Waals surface area contributed by atoms with Crippen molar-refractivity contribution in [3.05, 3.63) is 29.8 Å². The van der Waals surface area contributed by atoms with Crippen molar-refractivity contribution < 1.29 is 9.69 Å². The summed E-state index contributed by atoms with van der Waals surface area (Å²) >= 11 is 5.60. The third-order valence-electron chi connectivity index (χ3n) is 4.29. The summed E-state index contributed by atoms with van der Waals surface area (Å²) in [5, 5.41) is 7.18. The van der Waals surface area contributed by atoms with Crippen molar-refractivity contribution >= 4 is 28.9 Å². The van der Waals surface area contributed by atoms with E-state index in [9.17, 15) is 4.79 Å². The van der Waals surface area contributed by atoms with Crippen LogP contribution in [-0.2, 0) is 4.79 Å². The van der Waals surface area contributed by atoms with Gasteiger partial charge in [0.2, 0.25) is 0 Å². The minimum Gasteiger partial charge on any atom is -0.347 e. The monoisotopic (exact) mass is 363 g/mol. The van der Waals surface area contributed by atoms with Crippen LogP contribution < -0.4 is 15.5 Å². The molecule has 1 aliphatic rings. The van der Waals surface area contributed by atoms with E-state index in [-0.39, 0.29) is 11.4 Å². The van der Waals surface area contributed by atoms with Crippen molar-refractivity contribution in [1.82, 2.24) is 10.2 Å². The van der Waals surface area contributed by atoms with Gasteiger partial charge in [-0.15, -0.1) is 0 Å². The fraction of sp³-hybridized carbons (Fsp3) is 0.579. The van der Waals surface area contributed by atoms with E-state index in [2.05, 4.69) is 28.5 Å². The Bertz CT molecular complexity index is 612. The van der Waals surface area contributed by atoms with Gasteiger partial charge in [-0.3, -0.25) is 4.79 Å². The zero-order chi connectivity index (χ0) is 18.4. The first-order valence-corrected chi connectivity index (χ1v) is 9.41. The first kappa shape index (κ1) is 19.7. The van der Waals surface area contributed by atoms with Gasteiger partial charge in [0, 0.05) is 24.2 Å². The van der Waals surface area contributed by atoms with Crippen LogP contribution in [0.15, 0.2) is 24.3 Å². The molecule has 1 heterocycles. The summed E-state index contributed by atoms with van der Waals surface area (Å²) in [5.41, 5.74) is 2.07. The smallest absolute Gasteiger partial charge is 0.275 e. The number of carbonyl (C=O) groups excluding carboxylic acids is 1. The second-order valence-corrected chi connectivity index (χ2v) is 8.20. The maximum Gasteiger partial charge on any atom is 0.275 e. The van der Waals surface area contributed by atoms with Gasteiger partial charge in [-0.25, -0.2) is 0 Å². The van der Waals surface area contributed by atoms with Crippen LogP contribution in [0.1, 0.15) is 32.8 Å². The summed E-state index contributed by atoms with van der Waals surface area (Å²) in [5.74, 6) is 0.122. The van der Waals surface area contributed by atoms with E-state index in [1.165, 1.54) is 10.5 Å². The molecule has 1 aliphatic heterocycles. The Morgan fingerprint density at radius 2 is 1.96 bits per heavy atom. The number of quaternary nitrogens is 1. The Morgan fingerprint density at radius 3 is 2.64 bits per heavy atom. The average molecular weight is 364 g/mol. The van der Waals surface area contributed by atoms with Crippen molar-refractivity contribution in [3.8, 4) is 0 Å². The maximum atomic E-state index is 12.1. The molecule has 25 heavy (non-hydrogen) atoms. The molecule has 0 radical (unpaired) electrons. The minimum absolute atomic E-state index is 0.122. The fourth-order valence-corrected chi connectivity index (χ4v) is 3.32. The van der Waals surface area contributed by atoms with Gasteiger partial charge in [-0.1, -0.05) is 18.2 Å². The van der Waals surface area contributed by atoms with Crippen LogP contribution in [0.4, 0.5) is 5.69 Å². The fourth-order valence-electron chi connectivity index (χ4n) is 3.03. The van der Waals surface area contributed by atoms with Gasteiger partial charge in [0.15, 0.2) is 11.7 Å². The number of aryl methyl sites for hydroxylation is 1. The molecule has 0 spiro atoms. The van der Waals surface area contributed by atoms with Crippen molar-refractivity contribution in [2.45, 2.75) is 39.7 Å². The van der Waals surface area contributed by atoms with Crippen LogP contribution >= 0.6 is 12.2 Å². The number of hydrogen-bond donors (Lipinski definition) is 3. The molecule has 0 aliphatic carbocycles. The SMILES string of the molecule is Cc1ccccc1NC(=S)N1CCC[NH+](CC(=O)NC(C)(C)C)CC1. The number of amides is 1. The summed E-state index contributed by atoms with van der Waals surface area (Å²) < 4.78 is 0. The Hall–Kier alpha value is -1.66. The van der Waals surface area contributed by atoms with Gasteiger partial charge in [-0.05, 0) is 51.5 Å².